The highest BCUT2D eigenvalue weighted by atomic mass is 19.1. The van der Waals surface area contributed by atoms with Gasteiger partial charge in [0, 0.05) is 5.56 Å². The van der Waals surface area contributed by atoms with Crippen molar-refractivity contribution in [1.82, 2.24) is 0 Å². The third kappa shape index (κ3) is 6.45. The first-order valence-corrected chi connectivity index (χ1v) is 10.5. The smallest absolute Gasteiger partial charge is 0.189 e. The zero-order valence-corrected chi connectivity index (χ0v) is 19.1. The molecule has 0 atom stereocenters. The maximum absolute atomic E-state index is 14.2. The van der Waals surface area contributed by atoms with Crippen LogP contribution in [0.2, 0.25) is 0 Å². The topological polar surface area (TPSA) is 93.1 Å². The standard InChI is InChI=1S/C28H23FO6/c1-34-27-15-18(9-13-25(27)32)7-11-23(30)21(17-20-5-3-4-6-22(20)29)24(31)12-8-19-10-14-26(33)28(16-19)35-2/h3-17,32-33H,1-2H3/b11-7+,12-8+. The summed E-state index contributed by atoms with van der Waals surface area (Å²) in [6, 6.07) is 14.8. The molecule has 0 spiro atoms. The molecule has 2 N–H and O–H groups in total. The summed E-state index contributed by atoms with van der Waals surface area (Å²) in [7, 11) is 2.80. The second-order valence-electron chi connectivity index (χ2n) is 7.34. The molecule has 0 aliphatic heterocycles. The molecular weight excluding hydrogens is 451 g/mol. The highest BCUT2D eigenvalue weighted by Crippen LogP contribution is 2.28. The van der Waals surface area contributed by atoms with Crippen molar-refractivity contribution in [3.05, 3.63) is 101 Å². The third-order valence-corrected chi connectivity index (χ3v) is 5.00. The van der Waals surface area contributed by atoms with Crippen LogP contribution >= 0.6 is 0 Å². The molecule has 35 heavy (non-hydrogen) atoms. The largest absolute Gasteiger partial charge is 0.504 e. The van der Waals surface area contributed by atoms with Crippen LogP contribution in [0.25, 0.3) is 18.2 Å². The van der Waals surface area contributed by atoms with Crippen molar-refractivity contribution in [1.29, 1.82) is 0 Å². The minimum absolute atomic E-state index is 0.0534. The minimum atomic E-state index is -0.641. The van der Waals surface area contributed by atoms with Crippen LogP contribution in [0, 0.1) is 5.82 Å². The number of ketones is 2. The average Bonchev–Trinajstić information content (AvgIpc) is 2.86. The van der Waals surface area contributed by atoms with Gasteiger partial charge >= 0.3 is 0 Å². The van der Waals surface area contributed by atoms with Gasteiger partial charge in [0.15, 0.2) is 34.6 Å². The second kappa shape index (κ2) is 11.5. The van der Waals surface area contributed by atoms with Gasteiger partial charge in [-0.2, -0.15) is 0 Å². The Morgan fingerprint density at radius 2 is 1.26 bits per heavy atom. The van der Waals surface area contributed by atoms with Gasteiger partial charge in [-0.25, -0.2) is 4.39 Å². The maximum Gasteiger partial charge on any atom is 0.189 e. The van der Waals surface area contributed by atoms with Crippen LogP contribution in [-0.2, 0) is 9.59 Å². The van der Waals surface area contributed by atoms with Crippen LogP contribution < -0.4 is 9.47 Å². The van der Waals surface area contributed by atoms with E-state index >= 15 is 0 Å². The fourth-order valence-electron chi connectivity index (χ4n) is 3.13. The van der Waals surface area contributed by atoms with Crippen LogP contribution in [0.3, 0.4) is 0 Å². The molecule has 0 saturated carbocycles. The number of phenols is 2. The molecule has 0 saturated heterocycles. The van der Waals surface area contributed by atoms with Crippen LogP contribution in [0.5, 0.6) is 23.0 Å². The molecule has 7 heteroatoms. The van der Waals surface area contributed by atoms with E-state index < -0.39 is 17.4 Å². The lowest BCUT2D eigenvalue weighted by Gasteiger charge is -2.05. The Bertz CT molecular complexity index is 1260. The lowest BCUT2D eigenvalue weighted by atomic mass is 10.0. The Hall–Kier alpha value is -4.65. The van der Waals surface area contributed by atoms with Crippen molar-refractivity contribution < 1.29 is 33.7 Å². The van der Waals surface area contributed by atoms with Gasteiger partial charge in [-0.05, 0) is 59.7 Å². The number of carbonyl (C=O) groups is 2. The first-order chi connectivity index (χ1) is 16.8. The van der Waals surface area contributed by atoms with Crippen molar-refractivity contribution in [3.63, 3.8) is 0 Å². The zero-order valence-electron chi connectivity index (χ0n) is 19.1. The fourth-order valence-corrected chi connectivity index (χ4v) is 3.13. The van der Waals surface area contributed by atoms with Crippen molar-refractivity contribution >= 4 is 29.8 Å². The molecule has 0 heterocycles. The Balaban J connectivity index is 1.94. The van der Waals surface area contributed by atoms with E-state index in [0.29, 0.717) is 11.1 Å². The molecule has 0 aliphatic rings. The summed E-state index contributed by atoms with van der Waals surface area (Å²) in [5.41, 5.74) is 0.942. The summed E-state index contributed by atoms with van der Waals surface area (Å²) in [5, 5.41) is 19.5. The number of methoxy groups -OCH3 is 2. The number of phenolic OH excluding ortho intramolecular Hbond substituents is 2. The summed E-state index contributed by atoms with van der Waals surface area (Å²) in [6.07, 6.45) is 6.49. The van der Waals surface area contributed by atoms with Gasteiger partial charge in [-0.3, -0.25) is 9.59 Å². The van der Waals surface area contributed by atoms with Crippen LogP contribution in [0.1, 0.15) is 16.7 Å². The third-order valence-electron chi connectivity index (χ3n) is 5.00. The molecule has 3 aromatic rings. The van der Waals surface area contributed by atoms with E-state index in [1.54, 1.807) is 18.2 Å². The van der Waals surface area contributed by atoms with E-state index in [2.05, 4.69) is 0 Å². The molecule has 0 aromatic heterocycles. The van der Waals surface area contributed by atoms with Crippen molar-refractivity contribution in [2.75, 3.05) is 14.2 Å². The van der Waals surface area contributed by atoms with E-state index in [1.807, 2.05) is 0 Å². The highest BCUT2D eigenvalue weighted by Gasteiger charge is 2.15. The SMILES string of the molecule is COc1cc(/C=C/C(=O)C(=Cc2ccccc2F)C(=O)/C=C/c2ccc(O)c(OC)c2)ccc1O. The van der Waals surface area contributed by atoms with Crippen LogP contribution in [0.4, 0.5) is 4.39 Å². The molecule has 0 radical (unpaired) electrons. The van der Waals surface area contributed by atoms with Gasteiger partial charge < -0.3 is 19.7 Å². The molecule has 0 aliphatic carbocycles. The summed E-state index contributed by atoms with van der Waals surface area (Å²) in [4.78, 5) is 26.0. The number of halogens is 1. The minimum Gasteiger partial charge on any atom is -0.504 e. The van der Waals surface area contributed by atoms with Crippen molar-refractivity contribution in [2.24, 2.45) is 0 Å². The average molecular weight is 474 g/mol. The Labute approximate surface area is 201 Å². The van der Waals surface area contributed by atoms with Gasteiger partial charge in [0.1, 0.15) is 5.82 Å². The molecule has 3 rings (SSSR count). The van der Waals surface area contributed by atoms with Gasteiger partial charge in [0.05, 0.1) is 19.8 Å². The summed E-state index contributed by atoms with van der Waals surface area (Å²) in [6.45, 7) is 0. The molecule has 0 fully saturated rings. The molecule has 3 aromatic carbocycles. The second-order valence-corrected chi connectivity index (χ2v) is 7.34. The first-order valence-electron chi connectivity index (χ1n) is 10.5. The lowest BCUT2D eigenvalue weighted by molar-refractivity contribution is -0.116. The van der Waals surface area contributed by atoms with Gasteiger partial charge in [0.25, 0.3) is 0 Å². The fraction of sp³-hybridized carbons (Fsp3) is 0.0714. The van der Waals surface area contributed by atoms with Gasteiger partial charge in [0.2, 0.25) is 0 Å². The number of rotatable bonds is 9. The number of ether oxygens (including phenoxy) is 2. The molecule has 178 valence electrons. The van der Waals surface area contributed by atoms with E-state index in [9.17, 15) is 24.2 Å². The lowest BCUT2D eigenvalue weighted by Crippen LogP contribution is -2.09. The van der Waals surface area contributed by atoms with Crippen molar-refractivity contribution in [3.8, 4) is 23.0 Å². The monoisotopic (exact) mass is 474 g/mol. The van der Waals surface area contributed by atoms with Gasteiger partial charge in [-0.15, -0.1) is 0 Å². The predicted molar refractivity (Wildman–Crippen MR) is 132 cm³/mol. The normalized spacial score (nSPS) is 10.9. The van der Waals surface area contributed by atoms with E-state index in [-0.39, 0.29) is 34.1 Å². The molecule has 0 unspecified atom stereocenters. The molecular formula is C28H23FO6. The number of hydrogen-bond acceptors (Lipinski definition) is 6. The summed E-state index contributed by atoms with van der Waals surface area (Å²) >= 11 is 0. The molecule has 0 amide bonds. The Morgan fingerprint density at radius 1 is 0.771 bits per heavy atom. The van der Waals surface area contributed by atoms with Crippen molar-refractivity contribution in [2.45, 2.75) is 0 Å². The first kappa shape index (κ1) is 25.0. The van der Waals surface area contributed by atoms with E-state index in [4.69, 9.17) is 9.47 Å². The summed E-state index contributed by atoms with van der Waals surface area (Å²) in [5.74, 6) is -1.51. The summed E-state index contributed by atoms with van der Waals surface area (Å²) < 4.78 is 24.4. The van der Waals surface area contributed by atoms with E-state index in [0.717, 1.165) is 0 Å². The van der Waals surface area contributed by atoms with E-state index in [1.165, 1.54) is 87.1 Å². The number of hydrogen-bond donors (Lipinski definition) is 2. The quantitative estimate of drug-likeness (QED) is 0.252. The van der Waals surface area contributed by atoms with Crippen LogP contribution in [-0.4, -0.2) is 36.0 Å². The molecule has 0 bridgehead atoms. The number of benzene rings is 3. The highest BCUT2D eigenvalue weighted by molar-refractivity contribution is 6.31. The van der Waals surface area contributed by atoms with Gasteiger partial charge in [-0.1, -0.05) is 42.5 Å². The number of allylic oxidation sites excluding steroid dienone is 3. The Morgan fingerprint density at radius 3 is 1.71 bits per heavy atom. The predicted octanol–water partition coefficient (Wildman–Crippen LogP) is 5.20. The molecule has 6 nitrogen and oxygen atoms in total. The zero-order chi connectivity index (χ0) is 25.4. The maximum atomic E-state index is 14.2. The number of carbonyl (C=O) groups excluding carboxylic acids is 2. The number of aromatic hydroxyl groups is 2. The Kier molecular flexibility index (Phi) is 8.19. The van der Waals surface area contributed by atoms with Crippen LogP contribution in [0.15, 0.2) is 78.4 Å².